The van der Waals surface area contributed by atoms with Crippen molar-refractivity contribution in [2.45, 2.75) is 71.9 Å². The van der Waals surface area contributed by atoms with Gasteiger partial charge in [-0.3, -0.25) is 0 Å². The molecule has 1 amide bonds. The zero-order chi connectivity index (χ0) is 15.2. The van der Waals surface area contributed by atoms with E-state index < -0.39 is 5.60 Å². The molecule has 1 aliphatic heterocycles. The zero-order valence-corrected chi connectivity index (χ0v) is 13.9. The van der Waals surface area contributed by atoms with Crippen molar-refractivity contribution in [2.75, 3.05) is 19.6 Å². The quantitative estimate of drug-likeness (QED) is 0.841. The fraction of sp³-hybridized carbons (Fsp3) is 0.938. The molecule has 0 unspecified atom stereocenters. The third-order valence-corrected chi connectivity index (χ3v) is 3.74. The Hall–Kier alpha value is -0.770. The molecule has 0 bridgehead atoms. The zero-order valence-electron chi connectivity index (χ0n) is 13.9. The molecule has 20 heavy (non-hydrogen) atoms. The number of nitrogens with one attached hydrogen (secondary N) is 1. The Labute approximate surface area is 124 Å². The second-order valence-electron chi connectivity index (χ2n) is 7.01. The summed E-state index contributed by atoms with van der Waals surface area (Å²) in [5, 5.41) is 3.60. The minimum absolute atomic E-state index is 0.164. The van der Waals surface area contributed by atoms with Crippen molar-refractivity contribution < 1.29 is 9.53 Å². The van der Waals surface area contributed by atoms with Gasteiger partial charge in [0.15, 0.2) is 0 Å². The number of hydrogen-bond donors (Lipinski definition) is 1. The van der Waals surface area contributed by atoms with Crippen LogP contribution in [-0.2, 0) is 4.74 Å². The summed E-state index contributed by atoms with van der Waals surface area (Å²) >= 11 is 0. The predicted octanol–water partition coefficient (Wildman–Crippen LogP) is 3.41. The molecular formula is C16H32N2O2. The number of amides is 1. The van der Waals surface area contributed by atoms with E-state index in [9.17, 15) is 4.79 Å². The molecule has 0 spiro atoms. The minimum Gasteiger partial charge on any atom is -0.444 e. The largest absolute Gasteiger partial charge is 0.444 e. The molecule has 1 saturated heterocycles. The third-order valence-electron chi connectivity index (χ3n) is 3.74. The highest BCUT2D eigenvalue weighted by Gasteiger charge is 2.26. The predicted molar refractivity (Wildman–Crippen MR) is 82.9 cm³/mol. The summed E-state index contributed by atoms with van der Waals surface area (Å²) in [6.07, 6.45) is 4.45. The van der Waals surface area contributed by atoms with Crippen LogP contribution in [0.25, 0.3) is 0 Å². The van der Waals surface area contributed by atoms with Gasteiger partial charge in [0.2, 0.25) is 0 Å². The van der Waals surface area contributed by atoms with E-state index in [1.807, 2.05) is 25.7 Å². The Morgan fingerprint density at radius 3 is 2.45 bits per heavy atom. The van der Waals surface area contributed by atoms with Gasteiger partial charge in [-0.1, -0.05) is 13.3 Å². The third kappa shape index (κ3) is 6.60. The summed E-state index contributed by atoms with van der Waals surface area (Å²) in [6, 6.07) is 0.601. The summed E-state index contributed by atoms with van der Waals surface area (Å²) in [4.78, 5) is 13.8. The number of nitrogens with zero attached hydrogens (tertiary/aromatic N) is 1. The van der Waals surface area contributed by atoms with Crippen LogP contribution in [0.15, 0.2) is 0 Å². The van der Waals surface area contributed by atoms with Gasteiger partial charge < -0.3 is 15.0 Å². The van der Waals surface area contributed by atoms with Crippen molar-refractivity contribution in [2.24, 2.45) is 5.92 Å². The first kappa shape index (κ1) is 17.3. The average Bonchev–Trinajstić information content (AvgIpc) is 2.35. The van der Waals surface area contributed by atoms with E-state index in [2.05, 4.69) is 19.2 Å². The fourth-order valence-electron chi connectivity index (χ4n) is 2.55. The summed E-state index contributed by atoms with van der Waals surface area (Å²) in [5.41, 5.74) is -0.398. The Balaban J connectivity index is 2.24. The highest BCUT2D eigenvalue weighted by molar-refractivity contribution is 5.68. The summed E-state index contributed by atoms with van der Waals surface area (Å²) in [5.74, 6) is 0.688. The van der Waals surface area contributed by atoms with E-state index in [4.69, 9.17) is 4.74 Å². The highest BCUT2D eigenvalue weighted by Crippen LogP contribution is 2.19. The molecule has 4 nitrogen and oxygen atoms in total. The number of hydrogen-bond acceptors (Lipinski definition) is 3. The molecule has 1 N–H and O–H groups in total. The molecular weight excluding hydrogens is 252 g/mol. The van der Waals surface area contributed by atoms with Crippen molar-refractivity contribution in [3.05, 3.63) is 0 Å². The number of piperidine rings is 1. The van der Waals surface area contributed by atoms with Crippen LogP contribution in [0.5, 0.6) is 0 Å². The molecule has 0 aromatic rings. The van der Waals surface area contributed by atoms with Crippen molar-refractivity contribution in [3.63, 3.8) is 0 Å². The molecule has 1 fully saturated rings. The number of ether oxygens (including phenoxy) is 1. The molecule has 1 heterocycles. The van der Waals surface area contributed by atoms with E-state index >= 15 is 0 Å². The second kappa shape index (κ2) is 7.87. The van der Waals surface area contributed by atoms with E-state index in [0.29, 0.717) is 12.0 Å². The monoisotopic (exact) mass is 284 g/mol. The van der Waals surface area contributed by atoms with Crippen molar-refractivity contribution in [3.8, 4) is 0 Å². The van der Waals surface area contributed by atoms with Gasteiger partial charge in [-0.25, -0.2) is 4.79 Å². The highest BCUT2D eigenvalue weighted by atomic mass is 16.6. The van der Waals surface area contributed by atoms with Crippen LogP contribution >= 0.6 is 0 Å². The van der Waals surface area contributed by atoms with Crippen LogP contribution in [0.2, 0.25) is 0 Å². The van der Waals surface area contributed by atoms with Gasteiger partial charge in [-0.05, 0) is 59.4 Å². The van der Waals surface area contributed by atoms with Crippen LogP contribution in [0, 0.1) is 5.92 Å². The lowest BCUT2D eigenvalue weighted by Gasteiger charge is -2.34. The van der Waals surface area contributed by atoms with Gasteiger partial charge >= 0.3 is 6.09 Å². The molecule has 0 radical (unpaired) electrons. The van der Waals surface area contributed by atoms with Crippen LogP contribution in [-0.4, -0.2) is 42.3 Å². The maximum Gasteiger partial charge on any atom is 0.410 e. The van der Waals surface area contributed by atoms with Gasteiger partial charge in [0.05, 0.1) is 0 Å². The lowest BCUT2D eigenvalue weighted by atomic mass is 9.96. The minimum atomic E-state index is -0.398. The smallest absolute Gasteiger partial charge is 0.410 e. The molecule has 0 aromatic heterocycles. The number of carbonyl (C=O) groups is 1. The normalized spacial score (nSPS) is 18.9. The Morgan fingerprint density at radius 1 is 1.35 bits per heavy atom. The Morgan fingerprint density at radius 2 is 1.95 bits per heavy atom. The van der Waals surface area contributed by atoms with Gasteiger partial charge in [-0.2, -0.15) is 0 Å². The lowest BCUT2D eigenvalue weighted by Crippen LogP contribution is -2.43. The van der Waals surface area contributed by atoms with E-state index in [0.717, 1.165) is 32.5 Å². The van der Waals surface area contributed by atoms with E-state index in [1.165, 1.54) is 12.8 Å². The first-order valence-electron chi connectivity index (χ1n) is 8.03. The summed E-state index contributed by atoms with van der Waals surface area (Å²) in [7, 11) is 0. The van der Waals surface area contributed by atoms with Crippen LogP contribution < -0.4 is 5.32 Å². The first-order valence-corrected chi connectivity index (χ1v) is 8.03. The van der Waals surface area contributed by atoms with Gasteiger partial charge in [0.1, 0.15) is 5.60 Å². The average molecular weight is 284 g/mol. The van der Waals surface area contributed by atoms with Crippen molar-refractivity contribution >= 4 is 6.09 Å². The SMILES string of the molecule is CCC[C@H](C)NCC1CCN(C(=O)OC(C)(C)C)CC1. The Bertz CT molecular complexity index is 291. The van der Waals surface area contributed by atoms with Crippen molar-refractivity contribution in [1.29, 1.82) is 0 Å². The molecule has 1 aliphatic rings. The van der Waals surface area contributed by atoms with E-state index in [1.54, 1.807) is 0 Å². The maximum absolute atomic E-state index is 12.0. The molecule has 1 rings (SSSR count). The summed E-state index contributed by atoms with van der Waals surface area (Å²) in [6.45, 7) is 12.9. The van der Waals surface area contributed by atoms with E-state index in [-0.39, 0.29) is 6.09 Å². The van der Waals surface area contributed by atoms with Crippen LogP contribution in [0.4, 0.5) is 4.79 Å². The Kier molecular flexibility index (Phi) is 6.80. The second-order valence-corrected chi connectivity index (χ2v) is 7.01. The summed E-state index contributed by atoms with van der Waals surface area (Å²) < 4.78 is 5.41. The molecule has 4 heteroatoms. The molecule has 0 aromatic carbocycles. The van der Waals surface area contributed by atoms with Gasteiger partial charge in [-0.15, -0.1) is 0 Å². The van der Waals surface area contributed by atoms with Crippen LogP contribution in [0.1, 0.15) is 60.3 Å². The molecule has 118 valence electrons. The van der Waals surface area contributed by atoms with Crippen LogP contribution in [0.3, 0.4) is 0 Å². The maximum atomic E-state index is 12.0. The fourth-order valence-corrected chi connectivity index (χ4v) is 2.55. The lowest BCUT2D eigenvalue weighted by molar-refractivity contribution is 0.0183. The van der Waals surface area contributed by atoms with Gasteiger partial charge in [0, 0.05) is 19.1 Å². The molecule has 1 atom stereocenters. The van der Waals surface area contributed by atoms with Gasteiger partial charge in [0.25, 0.3) is 0 Å². The topological polar surface area (TPSA) is 41.6 Å². The standard InChI is InChI=1S/C16H32N2O2/c1-6-7-13(2)17-12-14-8-10-18(11-9-14)15(19)20-16(3,4)5/h13-14,17H,6-12H2,1-5H3/t13-/m0/s1. The number of rotatable bonds is 5. The molecule has 0 saturated carbocycles. The van der Waals surface area contributed by atoms with Crippen molar-refractivity contribution in [1.82, 2.24) is 10.2 Å². The number of likely N-dealkylation sites (tertiary alicyclic amines) is 1. The first-order chi connectivity index (χ1) is 9.31. The molecule has 0 aliphatic carbocycles. The number of carbonyl (C=O) groups excluding carboxylic acids is 1.